The highest BCUT2D eigenvalue weighted by Crippen LogP contribution is 2.56. The summed E-state index contributed by atoms with van der Waals surface area (Å²) >= 11 is 0. The van der Waals surface area contributed by atoms with E-state index in [-0.39, 0.29) is 35.9 Å². The lowest BCUT2D eigenvalue weighted by Crippen LogP contribution is -2.48. The third kappa shape index (κ3) is 9.55. The Morgan fingerprint density at radius 2 is 0.574 bits per heavy atom. The maximum Gasteiger partial charge on any atom is 0.463 e. The predicted octanol–water partition coefficient (Wildman–Crippen LogP) is 17.7. The quantitative estimate of drug-likeness (QED) is 0.107. The normalized spacial score (nSPS) is 23.1. The minimum absolute atomic E-state index is 0.155. The zero-order valence-corrected chi connectivity index (χ0v) is 42.4. The molecule has 0 aliphatic heterocycles. The number of rotatable bonds is 13. The highest BCUT2D eigenvalue weighted by atomic mass is 31.2. The van der Waals surface area contributed by atoms with Crippen molar-refractivity contribution in [3.8, 4) is 23.0 Å². The average Bonchev–Trinajstić information content (AvgIpc) is 3.34. The molecule has 0 N–H and O–H groups in total. The largest absolute Gasteiger partial charge is 0.463 e. The number of hydrogen-bond donors (Lipinski definition) is 0. The second-order valence-corrected chi connectivity index (χ2v) is 22.1. The number of hydrogen-bond acceptors (Lipinski definition) is 6. The summed E-state index contributed by atoms with van der Waals surface area (Å²) in [6, 6.07) is 50.6. The van der Waals surface area contributed by atoms with Gasteiger partial charge in [-0.3, -0.25) is 9.05 Å². The lowest BCUT2D eigenvalue weighted by molar-refractivity contribution is -0.0732. The van der Waals surface area contributed by atoms with Crippen molar-refractivity contribution in [2.24, 2.45) is 35.5 Å². The van der Waals surface area contributed by atoms with Crippen LogP contribution in [0, 0.1) is 63.2 Å². The molecule has 0 radical (unpaired) electrons. The van der Waals surface area contributed by atoms with Crippen LogP contribution in [0.25, 0.3) is 43.1 Å². The molecule has 2 aliphatic rings. The molecule has 8 aromatic carbocycles. The second kappa shape index (κ2) is 20.0. The van der Waals surface area contributed by atoms with E-state index in [1.165, 1.54) is 22.3 Å². The number of benzene rings is 8. The highest BCUT2D eigenvalue weighted by Gasteiger charge is 2.49. The Balaban J connectivity index is 1.03. The van der Waals surface area contributed by atoms with Crippen molar-refractivity contribution in [2.75, 3.05) is 0 Å². The van der Waals surface area contributed by atoms with Gasteiger partial charge >= 0.3 is 17.2 Å². The van der Waals surface area contributed by atoms with Crippen LogP contribution in [-0.2, 0) is 9.05 Å². The third-order valence-corrected chi connectivity index (χ3v) is 17.1. The van der Waals surface area contributed by atoms with Crippen molar-refractivity contribution in [2.45, 2.75) is 93.3 Å². The monoisotopic (exact) mass is 942 g/mol. The smallest absolute Gasteiger partial charge is 0.417 e. The van der Waals surface area contributed by atoms with Gasteiger partial charge in [0.2, 0.25) is 0 Å². The van der Waals surface area contributed by atoms with Crippen molar-refractivity contribution < 1.29 is 27.1 Å². The second-order valence-electron chi connectivity index (χ2n) is 20.1. The van der Waals surface area contributed by atoms with Crippen LogP contribution in [0.4, 0.5) is 0 Å². The Kier molecular flexibility index (Phi) is 13.7. The molecule has 0 amide bonds. The van der Waals surface area contributed by atoms with Gasteiger partial charge in [-0.15, -0.1) is 0 Å². The van der Waals surface area contributed by atoms with Crippen molar-refractivity contribution >= 4 is 60.3 Å². The van der Waals surface area contributed by atoms with Crippen molar-refractivity contribution in [1.29, 1.82) is 0 Å². The molecular formula is C60H64O6P2. The van der Waals surface area contributed by atoms with Crippen molar-refractivity contribution in [3.05, 3.63) is 168 Å². The van der Waals surface area contributed by atoms with Crippen LogP contribution in [0.5, 0.6) is 23.0 Å². The van der Waals surface area contributed by atoms with E-state index in [0.29, 0.717) is 11.8 Å². The van der Waals surface area contributed by atoms with Crippen molar-refractivity contribution in [3.63, 3.8) is 0 Å². The fourth-order valence-electron chi connectivity index (χ4n) is 11.6. The molecule has 2 fully saturated rings. The van der Waals surface area contributed by atoms with E-state index in [9.17, 15) is 0 Å². The van der Waals surface area contributed by atoms with E-state index in [2.05, 4.69) is 201 Å². The van der Waals surface area contributed by atoms with Gasteiger partial charge in [-0.05, 0) is 157 Å². The third-order valence-electron chi connectivity index (χ3n) is 14.9. The molecule has 0 aromatic heterocycles. The zero-order chi connectivity index (χ0) is 47.1. The fourth-order valence-corrected chi connectivity index (χ4v) is 14.3. The van der Waals surface area contributed by atoms with E-state index in [0.717, 1.165) is 91.8 Å². The molecule has 2 aliphatic carbocycles. The molecule has 68 heavy (non-hydrogen) atoms. The van der Waals surface area contributed by atoms with Gasteiger partial charge in [-0.1, -0.05) is 149 Å². The summed E-state index contributed by atoms with van der Waals surface area (Å²) in [5, 5.41) is 8.79. The summed E-state index contributed by atoms with van der Waals surface area (Å²) in [5.74, 6) is 4.84. The van der Waals surface area contributed by atoms with Gasteiger partial charge in [0.1, 0.15) is 23.0 Å². The van der Waals surface area contributed by atoms with Gasteiger partial charge in [0.25, 0.3) is 0 Å². The molecule has 6 nitrogen and oxygen atoms in total. The van der Waals surface area contributed by atoms with Gasteiger partial charge in [0.05, 0.1) is 12.2 Å². The zero-order valence-electron chi connectivity index (χ0n) is 40.6. The van der Waals surface area contributed by atoms with E-state index >= 15 is 0 Å². The van der Waals surface area contributed by atoms with Crippen LogP contribution < -0.4 is 18.1 Å². The molecule has 8 heteroatoms. The molecule has 8 unspecified atom stereocenters. The fraction of sp³-hybridized carbons (Fsp3) is 0.333. The predicted molar refractivity (Wildman–Crippen MR) is 283 cm³/mol. The van der Waals surface area contributed by atoms with E-state index < -0.39 is 17.2 Å². The van der Waals surface area contributed by atoms with Crippen LogP contribution in [0.3, 0.4) is 0 Å². The van der Waals surface area contributed by atoms with Gasteiger partial charge in [0.15, 0.2) is 0 Å². The summed E-state index contributed by atoms with van der Waals surface area (Å²) in [6.07, 6.45) is 3.80. The van der Waals surface area contributed by atoms with Gasteiger partial charge in [-0.25, -0.2) is 0 Å². The maximum atomic E-state index is 7.53. The van der Waals surface area contributed by atoms with Gasteiger partial charge in [0, 0.05) is 21.5 Å². The lowest BCUT2D eigenvalue weighted by Gasteiger charge is -2.49. The van der Waals surface area contributed by atoms with E-state index in [1.54, 1.807) is 0 Å². The SMILES string of the molecule is Cc1ccc(OP(Oc2ccc(C)c3ccccc23)OC2C(C)CC(C)CC2C2CC(C)CC(C)C2OP(Oc2ccc(C)c3ccccc23)Oc2ccc(C)c3ccccc23)c2ccccc12. The maximum absolute atomic E-state index is 7.53. The topological polar surface area (TPSA) is 55.4 Å². The summed E-state index contributed by atoms with van der Waals surface area (Å²) in [5.41, 5.74) is 4.79. The molecule has 8 atom stereocenters. The highest BCUT2D eigenvalue weighted by molar-refractivity contribution is 7.43. The molecule has 2 saturated carbocycles. The molecule has 0 bridgehead atoms. The molecule has 10 rings (SSSR count). The van der Waals surface area contributed by atoms with E-state index in [1.807, 2.05) is 0 Å². The first-order chi connectivity index (χ1) is 33.0. The molecule has 0 heterocycles. The molecule has 0 spiro atoms. The average molecular weight is 943 g/mol. The first kappa shape index (κ1) is 46.5. The summed E-state index contributed by atoms with van der Waals surface area (Å²) in [7, 11) is -3.87. The van der Waals surface area contributed by atoms with Crippen molar-refractivity contribution in [1.82, 2.24) is 0 Å². The molecular weight excluding hydrogens is 879 g/mol. The lowest BCUT2D eigenvalue weighted by atomic mass is 9.62. The molecule has 0 saturated heterocycles. The van der Waals surface area contributed by atoms with Gasteiger partial charge < -0.3 is 18.1 Å². The minimum atomic E-state index is -1.94. The van der Waals surface area contributed by atoms with Crippen LogP contribution >= 0.6 is 17.2 Å². The first-order valence-electron chi connectivity index (χ1n) is 24.6. The van der Waals surface area contributed by atoms with Crippen LogP contribution in [0.2, 0.25) is 0 Å². The Morgan fingerprint density at radius 3 is 0.838 bits per heavy atom. The summed E-state index contributed by atoms with van der Waals surface area (Å²) in [4.78, 5) is 0. The van der Waals surface area contributed by atoms with Crippen LogP contribution in [0.15, 0.2) is 146 Å². The van der Waals surface area contributed by atoms with Gasteiger partial charge in [-0.2, -0.15) is 0 Å². The Morgan fingerprint density at radius 1 is 0.324 bits per heavy atom. The Hall–Kier alpha value is -5.22. The van der Waals surface area contributed by atoms with Crippen LogP contribution in [-0.4, -0.2) is 12.2 Å². The van der Waals surface area contributed by atoms with E-state index in [4.69, 9.17) is 27.1 Å². The summed E-state index contributed by atoms with van der Waals surface area (Å²) < 4.78 is 43.4. The standard InChI is InChI=1S/C60H64O6P2/c1-37-33-43(7)59(65-67(61-55-29-25-39(3)45-17-9-13-21-49(45)55)62-56-30-26-40(4)46-18-10-14-22-50(46)56)53(35-37)54-36-38(2)34-44(8)60(54)66-68(63-57-31-27-41(5)47-19-11-15-23-51(47)57)64-58-32-28-42(6)48-20-12-16-24-52(48)58/h9-32,37-38,43-44,53-54,59-60H,33-36H2,1-8H3. The Bertz CT molecular complexity index is 2700. The minimum Gasteiger partial charge on any atom is -0.417 e. The number of fused-ring (bicyclic) bond motifs is 4. The Labute approximate surface area is 405 Å². The summed E-state index contributed by atoms with van der Waals surface area (Å²) in [6.45, 7) is 18.1. The number of aryl methyl sites for hydroxylation is 4. The van der Waals surface area contributed by atoms with Crippen LogP contribution in [0.1, 0.15) is 75.6 Å². The first-order valence-corrected chi connectivity index (χ1v) is 26.8. The molecule has 8 aromatic rings. The molecule has 350 valence electrons.